The van der Waals surface area contributed by atoms with Crippen molar-refractivity contribution in [2.75, 3.05) is 12.3 Å². The molecule has 96 valence electrons. The molecule has 0 aliphatic carbocycles. The number of hydrogen-bond acceptors (Lipinski definition) is 2. The van der Waals surface area contributed by atoms with Crippen molar-refractivity contribution >= 4 is 11.8 Å². The molecule has 0 aliphatic rings. The first-order valence-electron chi connectivity index (χ1n) is 6.66. The van der Waals surface area contributed by atoms with Crippen LogP contribution in [0.1, 0.15) is 44.9 Å². The molecule has 0 bridgehead atoms. The van der Waals surface area contributed by atoms with Gasteiger partial charge >= 0.3 is 0 Å². The Morgan fingerprint density at radius 1 is 1.12 bits per heavy atom. The summed E-state index contributed by atoms with van der Waals surface area (Å²) in [5.41, 5.74) is 2.83. The number of benzene rings is 1. The topological polar surface area (TPSA) is 12.0 Å². The van der Waals surface area contributed by atoms with Crippen LogP contribution < -0.4 is 5.32 Å². The van der Waals surface area contributed by atoms with Gasteiger partial charge in [-0.15, -0.1) is 0 Å². The molecule has 1 nitrogen and oxygen atoms in total. The van der Waals surface area contributed by atoms with E-state index in [1.165, 1.54) is 16.9 Å². The average Bonchev–Trinajstić information content (AvgIpc) is 2.36. The zero-order valence-electron chi connectivity index (χ0n) is 11.5. The summed E-state index contributed by atoms with van der Waals surface area (Å²) in [6, 6.07) is 9.53. The molecule has 1 rings (SSSR count). The molecular formula is C15H25NS. The fourth-order valence-electron chi connectivity index (χ4n) is 2.09. The summed E-state index contributed by atoms with van der Waals surface area (Å²) in [6.07, 6.45) is 1.12. The van der Waals surface area contributed by atoms with E-state index in [9.17, 15) is 0 Å². The molecule has 0 saturated heterocycles. The van der Waals surface area contributed by atoms with E-state index in [4.69, 9.17) is 0 Å². The van der Waals surface area contributed by atoms with Gasteiger partial charge in [-0.25, -0.2) is 0 Å². The second-order valence-corrected chi connectivity index (χ2v) is 5.95. The van der Waals surface area contributed by atoms with Gasteiger partial charge in [-0.05, 0) is 29.8 Å². The highest BCUT2D eigenvalue weighted by Crippen LogP contribution is 2.26. The minimum Gasteiger partial charge on any atom is -0.309 e. The van der Waals surface area contributed by atoms with Gasteiger partial charge in [0.15, 0.2) is 0 Å². The van der Waals surface area contributed by atoms with Gasteiger partial charge < -0.3 is 5.32 Å². The summed E-state index contributed by atoms with van der Waals surface area (Å²) < 4.78 is 0. The van der Waals surface area contributed by atoms with E-state index < -0.39 is 0 Å². The van der Waals surface area contributed by atoms with Crippen molar-refractivity contribution in [2.24, 2.45) is 0 Å². The van der Waals surface area contributed by atoms with Crippen molar-refractivity contribution in [3.05, 3.63) is 35.4 Å². The molecule has 1 aromatic carbocycles. The van der Waals surface area contributed by atoms with E-state index >= 15 is 0 Å². The average molecular weight is 251 g/mol. The first-order valence-corrected chi connectivity index (χ1v) is 7.71. The molecular weight excluding hydrogens is 226 g/mol. The largest absolute Gasteiger partial charge is 0.309 e. The molecule has 0 fully saturated rings. The maximum absolute atomic E-state index is 3.60. The maximum Gasteiger partial charge on any atom is 0.0437 e. The Hall–Kier alpha value is -0.470. The number of nitrogens with one attached hydrogen (secondary N) is 1. The Morgan fingerprint density at radius 3 is 2.24 bits per heavy atom. The summed E-state index contributed by atoms with van der Waals surface area (Å²) >= 11 is 2.02. The van der Waals surface area contributed by atoms with Crippen LogP contribution in [0.5, 0.6) is 0 Å². The number of hydrogen-bond donors (Lipinski definition) is 1. The Labute approximate surface area is 110 Å². The summed E-state index contributed by atoms with van der Waals surface area (Å²) in [7, 11) is 0. The SMILES string of the molecule is CCNC(c1ccc(CC)cc1)C(C)SCC. The van der Waals surface area contributed by atoms with Crippen molar-refractivity contribution < 1.29 is 0 Å². The standard InChI is InChI=1S/C15H25NS/c1-5-13-8-10-14(11-9-13)15(16-6-2)12(4)17-7-3/h8-12,15-16H,5-7H2,1-4H3. The van der Waals surface area contributed by atoms with E-state index in [1.54, 1.807) is 0 Å². The van der Waals surface area contributed by atoms with E-state index in [0.29, 0.717) is 11.3 Å². The summed E-state index contributed by atoms with van der Waals surface area (Å²) in [4.78, 5) is 0. The number of aryl methyl sites for hydroxylation is 1. The van der Waals surface area contributed by atoms with Crippen LogP contribution in [0.3, 0.4) is 0 Å². The second-order valence-electron chi connectivity index (χ2n) is 4.29. The van der Waals surface area contributed by atoms with E-state index in [-0.39, 0.29) is 0 Å². The molecule has 1 N–H and O–H groups in total. The highest BCUT2D eigenvalue weighted by atomic mass is 32.2. The molecule has 0 spiro atoms. The Balaban J connectivity index is 2.80. The molecule has 2 unspecified atom stereocenters. The Kier molecular flexibility index (Phi) is 6.68. The molecule has 0 saturated carbocycles. The van der Waals surface area contributed by atoms with Gasteiger partial charge in [-0.2, -0.15) is 11.8 Å². The molecule has 1 aromatic rings. The minimum atomic E-state index is 0.468. The van der Waals surface area contributed by atoms with Crippen LogP contribution in [0, 0.1) is 0 Å². The lowest BCUT2D eigenvalue weighted by molar-refractivity contribution is 0.548. The van der Waals surface area contributed by atoms with E-state index in [0.717, 1.165) is 13.0 Å². The van der Waals surface area contributed by atoms with Gasteiger partial charge in [0.1, 0.15) is 0 Å². The van der Waals surface area contributed by atoms with Crippen molar-refractivity contribution in [3.63, 3.8) is 0 Å². The molecule has 17 heavy (non-hydrogen) atoms. The van der Waals surface area contributed by atoms with Crippen LogP contribution in [0.25, 0.3) is 0 Å². The predicted molar refractivity (Wildman–Crippen MR) is 79.8 cm³/mol. The zero-order chi connectivity index (χ0) is 12.7. The van der Waals surface area contributed by atoms with Gasteiger partial charge in [0.25, 0.3) is 0 Å². The molecule has 0 aromatic heterocycles. The van der Waals surface area contributed by atoms with Gasteiger partial charge in [0.2, 0.25) is 0 Å². The Bertz CT molecular complexity index is 307. The van der Waals surface area contributed by atoms with E-state index in [1.807, 2.05) is 11.8 Å². The van der Waals surface area contributed by atoms with Crippen LogP contribution in [0.15, 0.2) is 24.3 Å². The lowest BCUT2D eigenvalue weighted by Gasteiger charge is -2.24. The van der Waals surface area contributed by atoms with Crippen LogP contribution in [0.2, 0.25) is 0 Å². The Morgan fingerprint density at radius 2 is 1.76 bits per heavy atom. The molecule has 0 amide bonds. The smallest absolute Gasteiger partial charge is 0.0437 e. The molecule has 0 heterocycles. The summed E-state index contributed by atoms with van der Waals surface area (Å²) in [5.74, 6) is 1.18. The van der Waals surface area contributed by atoms with Gasteiger partial charge in [0, 0.05) is 11.3 Å². The van der Waals surface area contributed by atoms with E-state index in [2.05, 4.69) is 57.3 Å². The highest BCUT2D eigenvalue weighted by Gasteiger charge is 2.17. The lowest BCUT2D eigenvalue weighted by atomic mass is 10.0. The van der Waals surface area contributed by atoms with Crippen LogP contribution >= 0.6 is 11.8 Å². The third-order valence-corrected chi connectivity index (χ3v) is 4.20. The fourth-order valence-corrected chi connectivity index (χ4v) is 3.07. The van der Waals surface area contributed by atoms with Gasteiger partial charge in [-0.3, -0.25) is 0 Å². The van der Waals surface area contributed by atoms with Gasteiger partial charge in [-0.1, -0.05) is 52.0 Å². The number of rotatable bonds is 7. The third-order valence-electron chi connectivity index (χ3n) is 3.07. The maximum atomic E-state index is 3.60. The summed E-state index contributed by atoms with van der Waals surface area (Å²) in [5, 5.41) is 4.22. The molecule has 2 heteroatoms. The predicted octanol–water partition coefficient (Wildman–Crippen LogP) is 4.04. The number of thioether (sulfide) groups is 1. The third kappa shape index (κ3) is 4.36. The first-order chi connectivity index (χ1) is 8.22. The fraction of sp³-hybridized carbons (Fsp3) is 0.600. The summed E-state index contributed by atoms with van der Waals surface area (Å²) in [6.45, 7) is 9.94. The monoisotopic (exact) mass is 251 g/mol. The quantitative estimate of drug-likeness (QED) is 0.785. The van der Waals surface area contributed by atoms with Crippen molar-refractivity contribution in [3.8, 4) is 0 Å². The highest BCUT2D eigenvalue weighted by molar-refractivity contribution is 7.99. The van der Waals surface area contributed by atoms with Crippen molar-refractivity contribution in [1.29, 1.82) is 0 Å². The first kappa shape index (κ1) is 14.6. The molecule has 0 radical (unpaired) electrons. The van der Waals surface area contributed by atoms with Crippen molar-refractivity contribution in [1.82, 2.24) is 5.32 Å². The van der Waals surface area contributed by atoms with Gasteiger partial charge in [0.05, 0.1) is 0 Å². The molecule has 2 atom stereocenters. The lowest BCUT2D eigenvalue weighted by Crippen LogP contribution is -2.28. The van der Waals surface area contributed by atoms with Crippen molar-refractivity contribution in [2.45, 2.75) is 45.4 Å². The zero-order valence-corrected chi connectivity index (χ0v) is 12.3. The van der Waals surface area contributed by atoms with Crippen LogP contribution in [-0.4, -0.2) is 17.5 Å². The molecule has 0 aliphatic heterocycles. The minimum absolute atomic E-state index is 0.468. The van der Waals surface area contributed by atoms with Crippen LogP contribution in [-0.2, 0) is 6.42 Å². The van der Waals surface area contributed by atoms with Crippen LogP contribution in [0.4, 0.5) is 0 Å². The normalized spacial score (nSPS) is 14.6. The second kappa shape index (κ2) is 7.78.